The number of nitrogens with two attached hydrogens (primary N) is 1. The molecule has 0 heterocycles. The molecule has 2 heteroatoms. The molecule has 0 bridgehead atoms. The minimum absolute atomic E-state index is 0.361. The molecule has 0 spiro atoms. The molecule has 0 aromatic carbocycles. The molecular formula is C10H23NO. The zero-order valence-electron chi connectivity index (χ0n) is 8.68. The van der Waals surface area contributed by atoms with Gasteiger partial charge in [-0.25, -0.2) is 0 Å². The molecule has 0 saturated heterocycles. The van der Waals surface area contributed by atoms with E-state index in [1.165, 1.54) is 12.8 Å². The molecule has 74 valence electrons. The van der Waals surface area contributed by atoms with Gasteiger partial charge in [0, 0.05) is 19.8 Å². The fourth-order valence-corrected chi connectivity index (χ4v) is 1.24. The van der Waals surface area contributed by atoms with E-state index >= 15 is 0 Å². The highest BCUT2D eigenvalue weighted by atomic mass is 16.5. The minimum atomic E-state index is 0.361. The van der Waals surface area contributed by atoms with Crippen LogP contribution in [0, 0.1) is 5.92 Å². The summed E-state index contributed by atoms with van der Waals surface area (Å²) in [5.41, 5.74) is 5.99. The molecule has 0 fully saturated rings. The van der Waals surface area contributed by atoms with Crippen LogP contribution in [0.4, 0.5) is 0 Å². The third kappa shape index (κ3) is 5.56. The Balaban J connectivity index is 3.39. The van der Waals surface area contributed by atoms with E-state index in [1.807, 2.05) is 0 Å². The summed E-state index contributed by atoms with van der Waals surface area (Å²) in [4.78, 5) is 0. The first-order valence-electron chi connectivity index (χ1n) is 4.96. The number of rotatable bonds is 7. The van der Waals surface area contributed by atoms with Gasteiger partial charge < -0.3 is 10.5 Å². The molecule has 0 aliphatic rings. The maximum absolute atomic E-state index is 5.99. The summed E-state index contributed by atoms with van der Waals surface area (Å²) in [5, 5.41) is 0. The van der Waals surface area contributed by atoms with Crippen LogP contribution in [-0.2, 0) is 4.74 Å². The average Bonchev–Trinajstić information content (AvgIpc) is 2.10. The lowest BCUT2D eigenvalue weighted by Gasteiger charge is -2.18. The molecule has 0 aromatic rings. The van der Waals surface area contributed by atoms with Gasteiger partial charge in [0.2, 0.25) is 0 Å². The summed E-state index contributed by atoms with van der Waals surface area (Å²) in [6, 6.07) is 0.361. The van der Waals surface area contributed by atoms with E-state index in [0.29, 0.717) is 12.0 Å². The largest absolute Gasteiger partial charge is 0.385 e. The number of methoxy groups -OCH3 is 1. The first-order chi connectivity index (χ1) is 5.72. The van der Waals surface area contributed by atoms with E-state index in [1.54, 1.807) is 7.11 Å². The highest BCUT2D eigenvalue weighted by molar-refractivity contribution is 4.68. The van der Waals surface area contributed by atoms with Crippen molar-refractivity contribution in [1.29, 1.82) is 0 Å². The summed E-state index contributed by atoms with van der Waals surface area (Å²) >= 11 is 0. The summed E-state index contributed by atoms with van der Waals surface area (Å²) in [5.74, 6) is 0.594. The lowest BCUT2D eigenvalue weighted by Crippen LogP contribution is -2.28. The van der Waals surface area contributed by atoms with Crippen LogP contribution in [-0.4, -0.2) is 19.8 Å². The molecule has 0 aliphatic heterocycles. The number of hydrogen-bond donors (Lipinski definition) is 1. The van der Waals surface area contributed by atoms with Gasteiger partial charge in [0.15, 0.2) is 0 Å². The van der Waals surface area contributed by atoms with E-state index in [-0.39, 0.29) is 0 Å². The zero-order valence-corrected chi connectivity index (χ0v) is 8.68. The first-order valence-corrected chi connectivity index (χ1v) is 4.96. The normalized spacial score (nSPS) is 16.0. The van der Waals surface area contributed by atoms with Crippen LogP contribution < -0.4 is 5.73 Å². The monoisotopic (exact) mass is 173 g/mol. The Bertz CT molecular complexity index is 83.8. The van der Waals surface area contributed by atoms with Crippen molar-refractivity contribution in [3.8, 4) is 0 Å². The fourth-order valence-electron chi connectivity index (χ4n) is 1.24. The van der Waals surface area contributed by atoms with Gasteiger partial charge in [0.1, 0.15) is 0 Å². The molecule has 2 N–H and O–H groups in total. The van der Waals surface area contributed by atoms with Gasteiger partial charge in [0.25, 0.3) is 0 Å². The SMILES string of the molecule is CCCCC(N)C(C)CCOC. The Labute approximate surface area is 76.5 Å². The van der Waals surface area contributed by atoms with Crippen molar-refractivity contribution < 1.29 is 4.74 Å². The van der Waals surface area contributed by atoms with Gasteiger partial charge in [-0.05, 0) is 18.8 Å². The second-order valence-electron chi connectivity index (χ2n) is 3.56. The van der Waals surface area contributed by atoms with Crippen molar-refractivity contribution in [2.75, 3.05) is 13.7 Å². The second-order valence-corrected chi connectivity index (χ2v) is 3.56. The maximum Gasteiger partial charge on any atom is 0.0465 e. The summed E-state index contributed by atoms with van der Waals surface area (Å²) in [7, 11) is 1.74. The van der Waals surface area contributed by atoms with Crippen LogP contribution in [0.5, 0.6) is 0 Å². The van der Waals surface area contributed by atoms with Crippen LogP contribution in [0.25, 0.3) is 0 Å². The van der Waals surface area contributed by atoms with Crippen LogP contribution in [0.1, 0.15) is 39.5 Å². The Kier molecular flexibility index (Phi) is 7.51. The molecule has 0 aromatic heterocycles. The van der Waals surface area contributed by atoms with Crippen molar-refractivity contribution in [2.24, 2.45) is 11.7 Å². The van der Waals surface area contributed by atoms with Gasteiger partial charge in [-0.3, -0.25) is 0 Å². The predicted molar refractivity (Wildman–Crippen MR) is 53.2 cm³/mol. The fraction of sp³-hybridized carbons (Fsp3) is 1.00. The molecule has 0 amide bonds. The van der Waals surface area contributed by atoms with Crippen molar-refractivity contribution in [2.45, 2.75) is 45.6 Å². The third-order valence-corrected chi connectivity index (χ3v) is 2.40. The smallest absolute Gasteiger partial charge is 0.0465 e. The van der Waals surface area contributed by atoms with Crippen molar-refractivity contribution in [3.63, 3.8) is 0 Å². The van der Waals surface area contributed by atoms with Crippen LogP contribution in [0.15, 0.2) is 0 Å². The maximum atomic E-state index is 5.99. The van der Waals surface area contributed by atoms with Gasteiger partial charge in [-0.2, -0.15) is 0 Å². The van der Waals surface area contributed by atoms with E-state index in [9.17, 15) is 0 Å². The zero-order chi connectivity index (χ0) is 9.40. The van der Waals surface area contributed by atoms with Gasteiger partial charge in [-0.1, -0.05) is 26.7 Å². The molecule has 12 heavy (non-hydrogen) atoms. The quantitative estimate of drug-likeness (QED) is 0.640. The lowest BCUT2D eigenvalue weighted by molar-refractivity contribution is 0.173. The van der Waals surface area contributed by atoms with E-state index in [0.717, 1.165) is 19.4 Å². The molecule has 0 saturated carbocycles. The Morgan fingerprint density at radius 1 is 1.33 bits per heavy atom. The first kappa shape index (κ1) is 11.9. The van der Waals surface area contributed by atoms with Crippen molar-refractivity contribution in [1.82, 2.24) is 0 Å². The molecule has 2 unspecified atom stereocenters. The average molecular weight is 173 g/mol. The second kappa shape index (κ2) is 7.56. The van der Waals surface area contributed by atoms with Crippen LogP contribution in [0.2, 0.25) is 0 Å². The van der Waals surface area contributed by atoms with Crippen LogP contribution in [0.3, 0.4) is 0 Å². The van der Waals surface area contributed by atoms with Crippen LogP contribution >= 0.6 is 0 Å². The number of unbranched alkanes of at least 4 members (excludes halogenated alkanes) is 1. The third-order valence-electron chi connectivity index (χ3n) is 2.40. The highest BCUT2D eigenvalue weighted by Gasteiger charge is 2.10. The molecule has 0 aliphatic carbocycles. The standard InChI is InChI=1S/C10H23NO/c1-4-5-6-10(11)9(2)7-8-12-3/h9-10H,4-8,11H2,1-3H3. The summed E-state index contributed by atoms with van der Waals surface area (Å²) in [6.07, 6.45) is 4.73. The van der Waals surface area contributed by atoms with E-state index in [2.05, 4.69) is 13.8 Å². The molecule has 2 nitrogen and oxygen atoms in total. The number of ether oxygens (including phenoxy) is 1. The van der Waals surface area contributed by atoms with Gasteiger partial charge in [0.05, 0.1) is 0 Å². The highest BCUT2D eigenvalue weighted by Crippen LogP contribution is 2.11. The summed E-state index contributed by atoms with van der Waals surface area (Å²) in [6.45, 7) is 5.24. The Hall–Kier alpha value is -0.0800. The number of hydrogen-bond acceptors (Lipinski definition) is 2. The van der Waals surface area contributed by atoms with E-state index in [4.69, 9.17) is 10.5 Å². The van der Waals surface area contributed by atoms with Gasteiger partial charge in [-0.15, -0.1) is 0 Å². The predicted octanol–water partition coefficient (Wildman–Crippen LogP) is 2.18. The minimum Gasteiger partial charge on any atom is -0.385 e. The van der Waals surface area contributed by atoms with Gasteiger partial charge >= 0.3 is 0 Å². The Morgan fingerprint density at radius 2 is 2.00 bits per heavy atom. The summed E-state index contributed by atoms with van der Waals surface area (Å²) < 4.78 is 5.01. The van der Waals surface area contributed by atoms with Crippen molar-refractivity contribution >= 4 is 0 Å². The topological polar surface area (TPSA) is 35.2 Å². The molecular weight excluding hydrogens is 150 g/mol. The molecule has 2 atom stereocenters. The van der Waals surface area contributed by atoms with E-state index < -0.39 is 0 Å². The Morgan fingerprint density at radius 3 is 2.50 bits per heavy atom. The molecule has 0 rings (SSSR count). The van der Waals surface area contributed by atoms with Crippen molar-refractivity contribution in [3.05, 3.63) is 0 Å². The molecule has 0 radical (unpaired) electrons. The lowest BCUT2D eigenvalue weighted by atomic mass is 9.95.